The summed E-state index contributed by atoms with van der Waals surface area (Å²) < 4.78 is 2.72. The number of rotatable bonds is 7. The fourth-order valence-electron chi connectivity index (χ4n) is 4.60. The maximum absolute atomic E-state index is 13.3. The van der Waals surface area contributed by atoms with E-state index in [4.69, 9.17) is 0 Å². The quantitative estimate of drug-likeness (QED) is 0.280. The summed E-state index contributed by atoms with van der Waals surface area (Å²) in [4.78, 5) is 34.9. The van der Waals surface area contributed by atoms with Crippen molar-refractivity contribution in [3.8, 4) is 0 Å². The molecular weight excluding hydrogens is 496 g/mol. The summed E-state index contributed by atoms with van der Waals surface area (Å²) in [6.07, 6.45) is 1.87. The highest BCUT2D eigenvalue weighted by atomic mass is 79.9. The van der Waals surface area contributed by atoms with Crippen LogP contribution in [0.25, 0.3) is 11.4 Å². The number of aliphatic hydroxyl groups excluding tert-OH is 1. The van der Waals surface area contributed by atoms with Crippen molar-refractivity contribution >= 4 is 39.0 Å². The van der Waals surface area contributed by atoms with E-state index >= 15 is 0 Å². The highest BCUT2D eigenvalue weighted by molar-refractivity contribution is 9.10. The molecule has 1 aromatic carbocycles. The number of carbonyl (C=O) groups is 2. The molecule has 3 heterocycles. The van der Waals surface area contributed by atoms with Crippen LogP contribution < -0.4 is 0 Å². The number of hydrogen-bond acceptors (Lipinski definition) is 5. The van der Waals surface area contributed by atoms with Crippen molar-refractivity contribution in [1.29, 1.82) is 0 Å². The van der Waals surface area contributed by atoms with Crippen molar-refractivity contribution in [2.45, 2.75) is 33.7 Å². The van der Waals surface area contributed by atoms with Crippen LogP contribution in [0.1, 0.15) is 42.4 Å². The number of hydrogen-bond donors (Lipinski definition) is 1. The van der Waals surface area contributed by atoms with Crippen LogP contribution in [0.4, 0.5) is 0 Å². The van der Waals surface area contributed by atoms with Crippen molar-refractivity contribution in [3.05, 3.63) is 75.2 Å². The molecule has 2 aromatic heterocycles. The van der Waals surface area contributed by atoms with Gasteiger partial charge in [-0.05, 0) is 56.3 Å². The molecule has 0 bridgehead atoms. The monoisotopic (exact) mass is 524 g/mol. The Balaban J connectivity index is 1.88. The first-order chi connectivity index (χ1) is 16.3. The summed E-state index contributed by atoms with van der Waals surface area (Å²) in [6.45, 7) is 10.6. The Morgan fingerprint density at radius 3 is 2.53 bits per heavy atom. The Hall–Kier alpha value is -2.97. The van der Waals surface area contributed by atoms with Gasteiger partial charge in [-0.15, -0.1) is 0 Å². The summed E-state index contributed by atoms with van der Waals surface area (Å²) in [7, 11) is 0. The van der Waals surface area contributed by atoms with Crippen molar-refractivity contribution in [2.24, 2.45) is 0 Å². The second-order valence-electron chi connectivity index (χ2n) is 8.51. The minimum Gasteiger partial charge on any atom is -0.505 e. The fraction of sp³-hybridized carbons (Fsp3) is 0.346. The second kappa shape index (κ2) is 9.72. The van der Waals surface area contributed by atoms with Gasteiger partial charge in [0.05, 0.1) is 17.3 Å². The summed E-state index contributed by atoms with van der Waals surface area (Å²) in [5, 5.41) is 11.5. The van der Waals surface area contributed by atoms with E-state index in [1.54, 1.807) is 4.90 Å². The standard InChI is InChI=1S/C26H29BrN4O3/c1-5-29(6-2)13-14-31-22(18-10-7-11-19(27)15-18)20(24(33)26(31)34)23(32)21-17(4)30-12-8-9-16(3)25(30)28-21/h7-12,15,22,32H,5-6,13-14H2,1-4H3/b23-20+. The van der Waals surface area contributed by atoms with Crippen LogP contribution in [-0.2, 0) is 9.59 Å². The van der Waals surface area contributed by atoms with E-state index in [1.807, 2.05) is 60.8 Å². The lowest BCUT2D eigenvalue weighted by Crippen LogP contribution is -2.38. The summed E-state index contributed by atoms with van der Waals surface area (Å²) in [5.74, 6) is -1.53. The van der Waals surface area contributed by atoms with Gasteiger partial charge in [0.25, 0.3) is 11.7 Å². The number of pyridine rings is 1. The maximum atomic E-state index is 13.3. The van der Waals surface area contributed by atoms with Crippen molar-refractivity contribution < 1.29 is 14.7 Å². The Morgan fingerprint density at radius 2 is 1.88 bits per heavy atom. The molecule has 7 nitrogen and oxygen atoms in total. The van der Waals surface area contributed by atoms with Gasteiger partial charge in [0.1, 0.15) is 11.3 Å². The number of aryl methyl sites for hydroxylation is 2. The van der Waals surface area contributed by atoms with Gasteiger partial charge in [0.15, 0.2) is 5.76 Å². The molecule has 1 aliphatic rings. The topological polar surface area (TPSA) is 78.2 Å². The van der Waals surface area contributed by atoms with Crippen molar-refractivity contribution in [1.82, 2.24) is 19.2 Å². The molecule has 1 amide bonds. The molecule has 8 heteroatoms. The van der Waals surface area contributed by atoms with Gasteiger partial charge in [0, 0.05) is 23.8 Å². The lowest BCUT2D eigenvalue weighted by atomic mass is 9.96. The van der Waals surface area contributed by atoms with Crippen LogP contribution in [0.3, 0.4) is 0 Å². The molecule has 1 aliphatic heterocycles. The van der Waals surface area contributed by atoms with Crippen LogP contribution >= 0.6 is 15.9 Å². The van der Waals surface area contributed by atoms with E-state index in [9.17, 15) is 14.7 Å². The Labute approximate surface area is 207 Å². The minimum absolute atomic E-state index is 0.0757. The third-order valence-corrected chi connectivity index (χ3v) is 7.06. The first kappa shape index (κ1) is 24.2. The molecule has 34 heavy (non-hydrogen) atoms. The van der Waals surface area contributed by atoms with Gasteiger partial charge in [-0.1, -0.05) is 48.0 Å². The molecule has 1 unspecified atom stereocenters. The second-order valence-corrected chi connectivity index (χ2v) is 9.42. The molecule has 1 atom stereocenters. The molecule has 3 aromatic rings. The Bertz CT molecular complexity index is 1290. The third kappa shape index (κ3) is 4.16. The zero-order valence-corrected chi connectivity index (χ0v) is 21.5. The highest BCUT2D eigenvalue weighted by Gasteiger charge is 2.46. The number of Topliss-reactive ketones (excluding diaryl/α,β-unsaturated/α-hetero) is 1. The van der Waals surface area contributed by atoms with E-state index < -0.39 is 17.7 Å². The zero-order valence-electron chi connectivity index (χ0n) is 19.9. The van der Waals surface area contributed by atoms with E-state index in [0.29, 0.717) is 30.1 Å². The zero-order chi connectivity index (χ0) is 24.6. The van der Waals surface area contributed by atoms with Crippen LogP contribution in [-0.4, -0.2) is 62.2 Å². The number of benzene rings is 1. The highest BCUT2D eigenvalue weighted by Crippen LogP contribution is 2.40. The molecule has 0 spiro atoms. The molecule has 0 aliphatic carbocycles. The number of amides is 1. The van der Waals surface area contributed by atoms with E-state index in [2.05, 4.69) is 39.7 Å². The lowest BCUT2D eigenvalue weighted by molar-refractivity contribution is -0.140. The predicted octanol–water partition coefficient (Wildman–Crippen LogP) is 4.48. The molecule has 178 valence electrons. The molecule has 1 fully saturated rings. The van der Waals surface area contributed by atoms with Crippen LogP contribution in [0.2, 0.25) is 0 Å². The van der Waals surface area contributed by atoms with Gasteiger partial charge in [-0.3, -0.25) is 9.59 Å². The number of likely N-dealkylation sites (tertiary alicyclic amines) is 1. The number of likely N-dealkylation sites (N-methyl/N-ethyl adjacent to an activating group) is 1. The Kier molecular flexibility index (Phi) is 6.91. The van der Waals surface area contributed by atoms with Crippen LogP contribution in [0.5, 0.6) is 0 Å². The number of carbonyl (C=O) groups excluding carboxylic acids is 2. The van der Waals surface area contributed by atoms with Crippen LogP contribution in [0.15, 0.2) is 52.6 Å². The molecule has 0 saturated carbocycles. The Morgan fingerprint density at radius 1 is 1.15 bits per heavy atom. The normalized spacial score (nSPS) is 17.9. The molecule has 1 saturated heterocycles. The molecular formula is C26H29BrN4O3. The number of nitrogens with zero attached hydrogens (tertiary/aromatic N) is 4. The van der Waals surface area contributed by atoms with E-state index in [-0.39, 0.29) is 11.3 Å². The van der Waals surface area contributed by atoms with Gasteiger partial charge in [-0.2, -0.15) is 0 Å². The third-order valence-electron chi connectivity index (χ3n) is 6.56. The number of ketones is 1. The first-order valence-electron chi connectivity index (χ1n) is 11.5. The van der Waals surface area contributed by atoms with Crippen molar-refractivity contribution in [3.63, 3.8) is 0 Å². The minimum atomic E-state index is -0.696. The average Bonchev–Trinajstić information content (AvgIpc) is 3.29. The number of halogens is 1. The number of aromatic nitrogens is 2. The number of fused-ring (bicyclic) bond motifs is 1. The summed E-state index contributed by atoms with van der Waals surface area (Å²) in [5.41, 5.74) is 3.51. The smallest absolute Gasteiger partial charge is 0.295 e. The van der Waals surface area contributed by atoms with Crippen molar-refractivity contribution in [2.75, 3.05) is 26.2 Å². The lowest BCUT2D eigenvalue weighted by Gasteiger charge is -2.28. The average molecular weight is 525 g/mol. The molecule has 1 N–H and O–H groups in total. The summed E-state index contributed by atoms with van der Waals surface area (Å²) >= 11 is 3.50. The largest absolute Gasteiger partial charge is 0.505 e. The summed E-state index contributed by atoms with van der Waals surface area (Å²) in [6, 6.07) is 10.7. The van der Waals surface area contributed by atoms with Crippen LogP contribution in [0, 0.1) is 13.8 Å². The SMILES string of the molecule is CCN(CC)CCN1C(=O)C(=O)/C(=C(/O)c2nc3c(C)cccn3c2C)C1c1cccc(Br)c1. The predicted molar refractivity (Wildman–Crippen MR) is 136 cm³/mol. The van der Waals surface area contributed by atoms with Gasteiger partial charge in [0.2, 0.25) is 0 Å². The number of aliphatic hydroxyl groups is 1. The van der Waals surface area contributed by atoms with Gasteiger partial charge >= 0.3 is 0 Å². The van der Waals surface area contributed by atoms with Gasteiger partial charge in [-0.25, -0.2) is 4.98 Å². The molecule has 4 rings (SSSR count). The number of imidazole rings is 1. The van der Waals surface area contributed by atoms with E-state index in [0.717, 1.165) is 28.7 Å². The first-order valence-corrected chi connectivity index (χ1v) is 12.3. The van der Waals surface area contributed by atoms with Gasteiger partial charge < -0.3 is 19.3 Å². The maximum Gasteiger partial charge on any atom is 0.295 e. The fourth-order valence-corrected chi connectivity index (χ4v) is 5.01. The van der Waals surface area contributed by atoms with E-state index in [1.165, 1.54) is 0 Å². The molecule has 0 radical (unpaired) electrons.